The molecule has 0 saturated heterocycles. The maximum atomic E-state index is 13.5. The lowest BCUT2D eigenvalue weighted by Crippen LogP contribution is -2.24. The zero-order valence-electron chi connectivity index (χ0n) is 22.3. The maximum Gasteiger partial charge on any atom is 0.411 e. The van der Waals surface area contributed by atoms with E-state index in [4.69, 9.17) is 37.7 Å². The quantitative estimate of drug-likeness (QED) is 0.237. The number of nitrogens with one attached hydrogen (secondary N) is 2. The number of halogens is 2. The van der Waals surface area contributed by atoms with Gasteiger partial charge in [0.15, 0.2) is 0 Å². The number of aromatic nitrogens is 7. The second kappa shape index (κ2) is 11.8. The number of rotatable bonds is 8. The molecule has 1 atom stereocenters. The summed E-state index contributed by atoms with van der Waals surface area (Å²) in [6, 6.07) is 15.7. The molecule has 5 aromatic rings. The number of carbonyl (C=O) groups is 1. The molecule has 6 rings (SSSR count). The predicted octanol–water partition coefficient (Wildman–Crippen LogP) is 4.92. The molecule has 214 valence electrons. The third-order valence-electron chi connectivity index (χ3n) is 6.92. The summed E-state index contributed by atoms with van der Waals surface area (Å²) in [5.41, 5.74) is 4.71. The first-order chi connectivity index (χ1) is 20.4. The van der Waals surface area contributed by atoms with Crippen LogP contribution in [0.3, 0.4) is 0 Å². The number of H-pyrrole nitrogens is 1. The highest BCUT2D eigenvalue weighted by molar-refractivity contribution is 6.32. The van der Waals surface area contributed by atoms with Gasteiger partial charge in [0.2, 0.25) is 0 Å². The molecule has 0 saturated carbocycles. The molecule has 4 heterocycles. The first-order valence-electron chi connectivity index (χ1n) is 13.0. The van der Waals surface area contributed by atoms with Gasteiger partial charge < -0.3 is 19.0 Å². The predicted molar refractivity (Wildman–Crippen MR) is 156 cm³/mol. The number of pyridine rings is 1. The molecular weight excluding hydrogens is 583 g/mol. The van der Waals surface area contributed by atoms with Crippen molar-refractivity contribution in [3.63, 3.8) is 0 Å². The summed E-state index contributed by atoms with van der Waals surface area (Å²) < 4.78 is 13.2. The Balaban J connectivity index is 1.25. The number of nitrogens with zero attached hydrogens (tertiary/aromatic N) is 6. The first kappa shape index (κ1) is 27.6. The molecule has 14 heteroatoms. The Morgan fingerprint density at radius 3 is 2.69 bits per heavy atom. The van der Waals surface area contributed by atoms with Gasteiger partial charge in [-0.25, -0.2) is 9.78 Å². The van der Waals surface area contributed by atoms with Crippen LogP contribution in [0.4, 0.5) is 10.5 Å². The van der Waals surface area contributed by atoms with Crippen LogP contribution in [0.15, 0.2) is 65.7 Å². The molecule has 0 spiro atoms. The minimum Gasteiger partial charge on any atom is -0.447 e. The van der Waals surface area contributed by atoms with Crippen molar-refractivity contribution in [3.05, 3.63) is 93.0 Å². The molecule has 0 fully saturated rings. The van der Waals surface area contributed by atoms with Crippen LogP contribution >= 0.6 is 23.2 Å². The Bertz CT molecular complexity index is 1800. The van der Waals surface area contributed by atoms with Crippen LogP contribution in [0, 0.1) is 0 Å². The zero-order chi connectivity index (χ0) is 29.2. The fourth-order valence-corrected chi connectivity index (χ4v) is 5.44. The van der Waals surface area contributed by atoms with Crippen LogP contribution in [-0.4, -0.2) is 61.2 Å². The van der Waals surface area contributed by atoms with Crippen molar-refractivity contribution >= 4 is 35.0 Å². The lowest BCUT2D eigenvalue weighted by molar-refractivity contribution is 0.107. The number of amides is 1. The van der Waals surface area contributed by atoms with E-state index in [-0.39, 0.29) is 18.2 Å². The highest BCUT2D eigenvalue weighted by atomic mass is 35.5. The van der Waals surface area contributed by atoms with E-state index in [1.165, 1.54) is 18.1 Å². The van der Waals surface area contributed by atoms with Crippen LogP contribution in [0.25, 0.3) is 28.1 Å². The zero-order valence-corrected chi connectivity index (χ0v) is 23.8. The monoisotopic (exact) mass is 606 g/mol. The average molecular weight is 607 g/mol. The lowest BCUT2D eigenvalue weighted by Gasteiger charge is -2.15. The molecule has 0 aliphatic carbocycles. The van der Waals surface area contributed by atoms with Gasteiger partial charge in [-0.1, -0.05) is 35.3 Å². The largest absolute Gasteiger partial charge is 0.447 e. The molecule has 2 N–H and O–H groups in total. The van der Waals surface area contributed by atoms with Crippen LogP contribution in [0.1, 0.15) is 24.0 Å². The normalized spacial score (nSPS) is 14.1. The summed E-state index contributed by atoms with van der Waals surface area (Å²) in [5.74, 6) is 0.588. The van der Waals surface area contributed by atoms with Gasteiger partial charge in [0.25, 0.3) is 5.56 Å². The van der Waals surface area contributed by atoms with Crippen molar-refractivity contribution in [2.75, 3.05) is 25.6 Å². The Morgan fingerprint density at radius 1 is 1.10 bits per heavy atom. The molecule has 0 bridgehead atoms. The number of methoxy groups -OCH3 is 1. The van der Waals surface area contributed by atoms with E-state index in [0.29, 0.717) is 58.1 Å². The molecule has 42 heavy (non-hydrogen) atoms. The Labute approximate surface area is 249 Å². The van der Waals surface area contributed by atoms with Gasteiger partial charge in [0.05, 0.1) is 18.3 Å². The van der Waals surface area contributed by atoms with E-state index < -0.39 is 6.09 Å². The summed E-state index contributed by atoms with van der Waals surface area (Å²) in [7, 11) is 1.53. The smallest absolute Gasteiger partial charge is 0.411 e. The minimum atomic E-state index is -0.574. The Morgan fingerprint density at radius 2 is 1.93 bits per heavy atom. The van der Waals surface area contributed by atoms with Gasteiger partial charge in [-0.15, -0.1) is 5.10 Å². The number of hydrogen-bond donors (Lipinski definition) is 2. The lowest BCUT2D eigenvalue weighted by atomic mass is 10.0. The highest BCUT2D eigenvalue weighted by Gasteiger charge is 2.29. The second-order valence-electron chi connectivity index (χ2n) is 9.53. The number of ether oxygens (including phenoxy) is 2. The van der Waals surface area contributed by atoms with E-state index in [1.54, 1.807) is 47.0 Å². The van der Waals surface area contributed by atoms with E-state index in [1.807, 2.05) is 12.1 Å². The van der Waals surface area contributed by atoms with Crippen LogP contribution in [0.5, 0.6) is 0 Å². The van der Waals surface area contributed by atoms with Gasteiger partial charge in [-0.3, -0.25) is 10.1 Å². The fourth-order valence-electron chi connectivity index (χ4n) is 5.02. The molecule has 0 radical (unpaired) electrons. The number of anilines is 1. The topological polar surface area (TPSA) is 142 Å². The maximum absolute atomic E-state index is 13.5. The van der Waals surface area contributed by atoms with Crippen molar-refractivity contribution in [3.8, 4) is 28.1 Å². The minimum absolute atomic E-state index is 0.156. The number of hydrogen-bond acceptors (Lipinski definition) is 8. The van der Waals surface area contributed by atoms with Crippen molar-refractivity contribution in [2.45, 2.75) is 18.9 Å². The van der Waals surface area contributed by atoms with E-state index in [0.717, 1.165) is 16.8 Å². The molecular formula is C28H24Cl2N8O4. The molecule has 12 nitrogen and oxygen atoms in total. The molecule has 1 aliphatic rings. The molecule has 0 unspecified atom stereocenters. The number of benzene rings is 2. The fraction of sp³-hybridized carbons (Fsp3) is 0.214. The highest BCUT2D eigenvalue weighted by Crippen LogP contribution is 2.36. The summed E-state index contributed by atoms with van der Waals surface area (Å²) in [4.78, 5) is 33.3. The molecule has 3 aromatic heterocycles. The van der Waals surface area contributed by atoms with Crippen molar-refractivity contribution in [1.82, 2.24) is 34.7 Å². The summed E-state index contributed by atoms with van der Waals surface area (Å²) in [5, 5.41) is 15.0. The number of aromatic amines is 1. The molecule has 1 amide bonds. The van der Waals surface area contributed by atoms with Gasteiger partial charge in [-0.2, -0.15) is 4.68 Å². The van der Waals surface area contributed by atoms with Crippen LogP contribution < -0.4 is 10.9 Å². The number of aryl methyl sites for hydroxylation is 1. The van der Waals surface area contributed by atoms with Crippen LogP contribution in [-0.2, 0) is 15.9 Å². The van der Waals surface area contributed by atoms with E-state index >= 15 is 0 Å². The average Bonchev–Trinajstić information content (AvgIpc) is 3.74. The van der Waals surface area contributed by atoms with Crippen molar-refractivity contribution < 1.29 is 14.3 Å². The van der Waals surface area contributed by atoms with E-state index in [2.05, 4.69) is 25.8 Å². The third-order valence-corrected chi connectivity index (χ3v) is 7.43. The van der Waals surface area contributed by atoms with Crippen LogP contribution in [0.2, 0.25) is 10.2 Å². The molecule has 2 aromatic carbocycles. The standard InChI is InChI=1S/C28H24Cl2N8O4/c1-41-10-11-42-28(40)32-19-5-2-16(3-6-19)25-26(30)34-27(33-25)23-9-7-20-12-17(13-24(39)38(20)23)21-14-18(29)4-8-22(21)37-15-31-35-36-37/h2-6,8,12-15,23H,7,9-11H2,1H3,(H,32,40)(H,33,34)/t23-/m0/s1. The first-order valence-corrected chi connectivity index (χ1v) is 13.7. The summed E-state index contributed by atoms with van der Waals surface area (Å²) >= 11 is 12.9. The summed E-state index contributed by atoms with van der Waals surface area (Å²) in [6.07, 6.45) is 2.26. The van der Waals surface area contributed by atoms with Crippen molar-refractivity contribution in [1.29, 1.82) is 0 Å². The van der Waals surface area contributed by atoms with Gasteiger partial charge in [0, 0.05) is 40.7 Å². The van der Waals surface area contributed by atoms with Gasteiger partial charge >= 0.3 is 6.09 Å². The van der Waals surface area contributed by atoms with Crippen molar-refractivity contribution in [2.24, 2.45) is 0 Å². The van der Waals surface area contributed by atoms with E-state index in [9.17, 15) is 9.59 Å². The van der Waals surface area contributed by atoms with Gasteiger partial charge in [-0.05, 0) is 65.2 Å². The molecule has 1 aliphatic heterocycles. The number of imidazole rings is 1. The SMILES string of the molecule is COCCOC(=O)Nc1ccc(-c2nc([C@@H]3CCc4cc(-c5cc(Cl)ccc5-n5cnnn5)cc(=O)n43)[nH]c2Cl)cc1. The number of fused-ring (bicyclic) bond motifs is 1. The second-order valence-corrected chi connectivity index (χ2v) is 10.3. The Hall–Kier alpha value is -4.52. The summed E-state index contributed by atoms with van der Waals surface area (Å²) in [6.45, 7) is 0.471. The number of carbonyl (C=O) groups excluding carboxylic acids is 1. The van der Waals surface area contributed by atoms with Gasteiger partial charge in [0.1, 0.15) is 29.6 Å². The Kier molecular flexibility index (Phi) is 7.74. The third kappa shape index (κ3) is 5.51. The number of tetrazole rings is 1.